The highest BCUT2D eigenvalue weighted by atomic mass is 31.3. The summed E-state index contributed by atoms with van der Waals surface area (Å²) < 4.78 is 47.3. The summed E-state index contributed by atoms with van der Waals surface area (Å²) in [4.78, 5) is 49.1. The molecular weight excluding hydrogens is 570 g/mol. The molecule has 2 saturated heterocycles. The number of aliphatic hydroxyl groups excluding tert-OH is 7. The maximum atomic E-state index is 12.1. The zero-order valence-corrected chi connectivity index (χ0v) is 20.6. The number of phosphoric acid groups is 2. The topological polar surface area (TPSA) is 323 Å². The van der Waals surface area contributed by atoms with Crippen LogP contribution in [-0.2, 0) is 32.0 Å². The van der Waals surface area contributed by atoms with Gasteiger partial charge < -0.3 is 59.5 Å². The Hall–Kier alpha value is -1.42. The van der Waals surface area contributed by atoms with Crippen molar-refractivity contribution in [1.29, 1.82) is 0 Å². The summed E-state index contributed by atoms with van der Waals surface area (Å²) in [5.74, 6) is 0. The maximum Gasteiger partial charge on any atom is 0.330 e. The molecule has 3 heterocycles. The fraction of sp³-hybridized carbons (Fsp3) is 0.750. The van der Waals surface area contributed by atoms with Gasteiger partial charge in [0.05, 0.1) is 13.2 Å². The fourth-order valence-electron chi connectivity index (χ4n) is 3.56. The number of nitrogens with one attached hydrogen (secondary N) is 1. The van der Waals surface area contributed by atoms with Crippen molar-refractivity contribution in [3.8, 4) is 0 Å². The molecule has 0 spiro atoms. The van der Waals surface area contributed by atoms with Gasteiger partial charge in [-0.05, 0) is 0 Å². The summed E-state index contributed by atoms with van der Waals surface area (Å²) in [6.45, 7) is -2.17. The average molecular weight is 594 g/mol. The molecule has 8 N–H and O–H groups in total. The largest absolute Gasteiger partial charge is 0.756 e. The van der Waals surface area contributed by atoms with Gasteiger partial charge in [-0.3, -0.25) is 28.0 Å². The molecule has 22 heteroatoms. The number of phosphoric ester groups is 2. The van der Waals surface area contributed by atoms with Crippen LogP contribution >= 0.6 is 15.6 Å². The number of hydrogen-bond acceptors (Lipinski definition) is 18. The smallest absolute Gasteiger partial charge is 0.330 e. The molecule has 2 fully saturated rings. The van der Waals surface area contributed by atoms with E-state index in [0.29, 0.717) is 4.57 Å². The van der Waals surface area contributed by atoms with Crippen LogP contribution in [-0.4, -0.2) is 114 Å². The third-order valence-corrected chi connectivity index (χ3v) is 8.00. The van der Waals surface area contributed by atoms with Crippen LogP contribution in [0.2, 0.25) is 0 Å². The molecule has 0 radical (unpaired) electrons. The first-order valence-corrected chi connectivity index (χ1v) is 13.5. The predicted molar refractivity (Wildman–Crippen MR) is 110 cm³/mol. The van der Waals surface area contributed by atoms with E-state index in [1.165, 1.54) is 0 Å². The molecule has 38 heavy (non-hydrogen) atoms. The van der Waals surface area contributed by atoms with E-state index in [1.807, 2.05) is 4.98 Å². The number of nitrogens with zero attached hydrogens (tertiary/aromatic N) is 1. The SMILES string of the molecule is O=c1ccn([C@@H]2O[C@H](COP(=O)([O-])OP(=O)([O-])O[C@@H]3O[C@H]([C@H](O)CO)[C@@H](O)[C@H](O)[C@@H]3O)[C@@H](O)[C@H]2O)c(=O)[nH]1. The molecule has 1 aromatic rings. The van der Waals surface area contributed by atoms with Gasteiger partial charge in [0.25, 0.3) is 21.2 Å². The Balaban J connectivity index is 1.62. The lowest BCUT2D eigenvalue weighted by atomic mass is 9.96. The molecule has 20 nitrogen and oxygen atoms in total. The lowest BCUT2D eigenvalue weighted by Crippen LogP contribution is -2.61. The molecule has 2 aliphatic rings. The van der Waals surface area contributed by atoms with Crippen LogP contribution < -0.4 is 21.0 Å². The molecule has 2 aliphatic heterocycles. The van der Waals surface area contributed by atoms with E-state index in [0.717, 1.165) is 12.3 Å². The van der Waals surface area contributed by atoms with Crippen molar-refractivity contribution in [3.63, 3.8) is 0 Å². The first-order valence-electron chi connectivity index (χ1n) is 10.5. The molecule has 0 saturated carbocycles. The summed E-state index contributed by atoms with van der Waals surface area (Å²) in [5.41, 5.74) is -1.80. The number of aromatic amines is 1. The second-order valence-electron chi connectivity index (χ2n) is 8.13. The highest BCUT2D eigenvalue weighted by Gasteiger charge is 2.48. The second-order valence-corrected chi connectivity index (χ2v) is 11.0. The number of ether oxygens (including phenoxy) is 2. The maximum absolute atomic E-state index is 12.1. The van der Waals surface area contributed by atoms with Gasteiger partial charge in [-0.15, -0.1) is 0 Å². The summed E-state index contributed by atoms with van der Waals surface area (Å²) in [5, 5.41) is 68.4. The number of aliphatic hydroxyl groups is 7. The highest BCUT2D eigenvalue weighted by molar-refractivity contribution is 7.59. The molecule has 0 aromatic carbocycles. The van der Waals surface area contributed by atoms with Crippen LogP contribution in [0.4, 0.5) is 0 Å². The summed E-state index contributed by atoms with van der Waals surface area (Å²) >= 11 is 0. The van der Waals surface area contributed by atoms with Gasteiger partial charge >= 0.3 is 5.69 Å². The van der Waals surface area contributed by atoms with Gasteiger partial charge in [0.2, 0.25) is 0 Å². The quantitative estimate of drug-likeness (QED) is 0.117. The van der Waals surface area contributed by atoms with E-state index in [2.05, 4.69) is 13.4 Å². The van der Waals surface area contributed by atoms with Crippen molar-refractivity contribution in [2.24, 2.45) is 0 Å². The number of H-pyrrole nitrogens is 1. The van der Waals surface area contributed by atoms with Crippen LogP contribution in [0.1, 0.15) is 6.23 Å². The normalized spacial score (nSPS) is 37.9. The van der Waals surface area contributed by atoms with Gasteiger partial charge in [-0.25, -0.2) is 9.11 Å². The summed E-state index contributed by atoms with van der Waals surface area (Å²) in [7, 11) is -11.8. The summed E-state index contributed by atoms with van der Waals surface area (Å²) in [6, 6.07) is 0.901. The third-order valence-electron chi connectivity index (χ3n) is 5.47. The van der Waals surface area contributed by atoms with Crippen LogP contribution in [0, 0.1) is 0 Å². The molecule has 2 unspecified atom stereocenters. The number of rotatable bonds is 10. The monoisotopic (exact) mass is 594 g/mol. The van der Waals surface area contributed by atoms with Crippen LogP contribution in [0.3, 0.4) is 0 Å². The van der Waals surface area contributed by atoms with Gasteiger partial charge in [-0.2, -0.15) is 0 Å². The van der Waals surface area contributed by atoms with Crippen molar-refractivity contribution in [1.82, 2.24) is 9.55 Å². The molecule has 0 bridgehead atoms. The minimum absolute atomic E-state index is 0.685. The van der Waals surface area contributed by atoms with Gasteiger partial charge in [0, 0.05) is 12.3 Å². The van der Waals surface area contributed by atoms with Crippen LogP contribution in [0.25, 0.3) is 0 Å². The van der Waals surface area contributed by atoms with Crippen molar-refractivity contribution in [3.05, 3.63) is 33.1 Å². The number of aromatic nitrogens is 2. The zero-order valence-electron chi connectivity index (χ0n) is 18.8. The van der Waals surface area contributed by atoms with Crippen molar-refractivity contribution in [2.75, 3.05) is 13.2 Å². The fourth-order valence-corrected chi connectivity index (χ4v) is 5.64. The number of hydrogen-bond donors (Lipinski definition) is 8. The lowest BCUT2D eigenvalue weighted by molar-refractivity contribution is -0.313. The van der Waals surface area contributed by atoms with Gasteiger partial charge in [-0.1, -0.05) is 0 Å². The van der Waals surface area contributed by atoms with Gasteiger partial charge in [0.1, 0.15) is 48.8 Å². The Labute approximate surface area is 211 Å². The highest BCUT2D eigenvalue weighted by Crippen LogP contribution is 2.57. The van der Waals surface area contributed by atoms with Gasteiger partial charge in [0.15, 0.2) is 12.5 Å². The van der Waals surface area contributed by atoms with Crippen LogP contribution in [0.15, 0.2) is 21.9 Å². The minimum Gasteiger partial charge on any atom is -0.756 e. The van der Waals surface area contributed by atoms with Crippen LogP contribution in [0.5, 0.6) is 0 Å². The minimum atomic E-state index is -6.00. The first kappa shape index (κ1) is 31.1. The molecule has 12 atom stereocenters. The van der Waals surface area contributed by atoms with E-state index >= 15 is 0 Å². The Morgan fingerprint density at radius 3 is 2.26 bits per heavy atom. The van der Waals surface area contributed by atoms with E-state index in [9.17, 15) is 59.1 Å². The molecule has 3 rings (SSSR count). The van der Waals surface area contributed by atoms with E-state index in [-0.39, 0.29) is 0 Å². The van der Waals surface area contributed by atoms with Crippen molar-refractivity contribution in [2.45, 2.75) is 61.3 Å². The molecule has 218 valence electrons. The van der Waals surface area contributed by atoms with Crippen molar-refractivity contribution < 1.29 is 77.5 Å². The molecule has 0 aliphatic carbocycles. The summed E-state index contributed by atoms with van der Waals surface area (Å²) in [6.07, 6.45) is -18.6. The lowest BCUT2D eigenvalue weighted by Gasteiger charge is -2.43. The second kappa shape index (κ2) is 12.0. The predicted octanol–water partition coefficient (Wildman–Crippen LogP) is -6.70. The van der Waals surface area contributed by atoms with E-state index in [4.69, 9.17) is 14.6 Å². The Bertz CT molecular complexity index is 1180. The van der Waals surface area contributed by atoms with E-state index in [1.54, 1.807) is 0 Å². The van der Waals surface area contributed by atoms with Crippen molar-refractivity contribution >= 4 is 15.6 Å². The zero-order chi connectivity index (χ0) is 28.6. The first-order chi connectivity index (χ1) is 17.6. The molecular formula is C16H24N2O18P2-2. The Kier molecular flexibility index (Phi) is 9.81. The van der Waals surface area contributed by atoms with E-state index < -0.39 is 101 Å². The average Bonchev–Trinajstić information content (AvgIpc) is 3.10. The molecule has 1 aromatic heterocycles. The standard InChI is InChI=1S/C16H26N2O18P2/c19-3-5(20)13-10(24)9(23)12(26)15(34-13)35-38(30,31)36-37(28,29)32-4-6-8(22)11(25)14(33-6)18-2-1-7(21)17-16(18)27/h1-2,5-6,8-15,19-20,22-26H,3-4H2,(H,28,29)(H,30,31)(H,17,21,27)/p-2/t5-,6-,8-,9+,10+,11-,12+,13-,14-,15+/m1/s1. The Morgan fingerprint density at radius 1 is 1.00 bits per heavy atom. The molecule has 0 amide bonds. The third kappa shape index (κ3) is 7.01. The Morgan fingerprint density at radius 2 is 1.66 bits per heavy atom.